The number of halogens is 2. The van der Waals surface area contributed by atoms with Crippen LogP contribution in [-0.2, 0) is 0 Å². The van der Waals surface area contributed by atoms with Gasteiger partial charge in [0.2, 0.25) is 0 Å². The quantitative estimate of drug-likeness (QED) is 0.560. The summed E-state index contributed by atoms with van der Waals surface area (Å²) in [5, 5.41) is 7.21. The van der Waals surface area contributed by atoms with E-state index in [2.05, 4.69) is 12.0 Å². The maximum atomic E-state index is 12.6. The summed E-state index contributed by atoms with van der Waals surface area (Å²) in [7, 11) is 3.68. The molecule has 0 unspecified atom stereocenters. The fraction of sp³-hybridized carbons (Fsp3) is 0.529. The van der Waals surface area contributed by atoms with Crippen molar-refractivity contribution < 1.29 is 4.79 Å². The van der Waals surface area contributed by atoms with Gasteiger partial charge in [-0.1, -0.05) is 30.1 Å². The molecule has 1 rings (SSSR count). The number of carbonyl (C=O) groups excluding carboxylic acids is 1. The molecule has 2 N–H and O–H groups in total. The number of hydrogen-bond donors (Lipinski definition) is 1. The summed E-state index contributed by atoms with van der Waals surface area (Å²) in [6.45, 7) is 5.32. The number of carbonyl (C=O) groups is 1. The lowest BCUT2D eigenvalue weighted by molar-refractivity contribution is 0.0747. The molecular weight excluding hydrogens is 347 g/mol. The summed E-state index contributed by atoms with van der Waals surface area (Å²) in [4.78, 5) is 14.3. The normalized spacial score (nSPS) is 12.9. The highest BCUT2D eigenvalue weighted by atomic mass is 35.5. The topological polar surface area (TPSA) is 61.9 Å². The molecule has 0 aliphatic carbocycles. The molecule has 0 radical (unpaired) electrons. The standard InChI is InChI=1S/C17H26Cl2N4O/c1-5-14(21-22(3)9-8-20)10-12(2)23(4)17(24)13-6-7-15(18)16(19)11-13/h6-7,11-12H,5,8-10,20H2,1-4H3/b21-14+/t12-/m1/s1. The first-order chi connectivity index (χ1) is 11.3. The lowest BCUT2D eigenvalue weighted by Crippen LogP contribution is -2.36. The van der Waals surface area contributed by atoms with E-state index in [-0.39, 0.29) is 11.9 Å². The summed E-state index contributed by atoms with van der Waals surface area (Å²) in [6.07, 6.45) is 1.53. The van der Waals surface area contributed by atoms with Crippen molar-refractivity contribution in [1.82, 2.24) is 9.91 Å². The highest BCUT2D eigenvalue weighted by molar-refractivity contribution is 6.42. The number of benzene rings is 1. The van der Waals surface area contributed by atoms with Gasteiger partial charge in [-0.3, -0.25) is 9.80 Å². The van der Waals surface area contributed by atoms with Crippen molar-refractivity contribution in [2.75, 3.05) is 27.2 Å². The Hall–Kier alpha value is -1.30. The van der Waals surface area contributed by atoms with Crippen LogP contribution in [0.5, 0.6) is 0 Å². The molecule has 0 fully saturated rings. The molecule has 0 spiro atoms. The molecule has 0 heterocycles. The lowest BCUT2D eigenvalue weighted by Gasteiger charge is -2.26. The van der Waals surface area contributed by atoms with Gasteiger partial charge in [-0.15, -0.1) is 0 Å². The third kappa shape index (κ3) is 5.96. The van der Waals surface area contributed by atoms with E-state index in [1.54, 1.807) is 30.1 Å². The van der Waals surface area contributed by atoms with Gasteiger partial charge < -0.3 is 10.6 Å². The second-order valence-electron chi connectivity index (χ2n) is 5.79. The average Bonchev–Trinajstić information content (AvgIpc) is 2.55. The van der Waals surface area contributed by atoms with Crippen molar-refractivity contribution in [3.8, 4) is 0 Å². The molecule has 0 saturated carbocycles. The van der Waals surface area contributed by atoms with E-state index in [0.29, 0.717) is 35.1 Å². The van der Waals surface area contributed by atoms with E-state index in [1.807, 2.05) is 19.0 Å². The fourth-order valence-electron chi connectivity index (χ4n) is 2.25. The summed E-state index contributed by atoms with van der Waals surface area (Å²) in [5.41, 5.74) is 7.10. The molecular formula is C17H26Cl2N4O. The Kier molecular flexibility index (Phi) is 8.53. The van der Waals surface area contributed by atoms with Gasteiger partial charge in [-0.25, -0.2) is 0 Å². The maximum Gasteiger partial charge on any atom is 0.253 e. The van der Waals surface area contributed by atoms with E-state index in [9.17, 15) is 4.79 Å². The monoisotopic (exact) mass is 372 g/mol. The number of nitrogens with two attached hydrogens (primary N) is 1. The van der Waals surface area contributed by atoms with Gasteiger partial charge in [0, 0.05) is 50.9 Å². The molecule has 1 amide bonds. The Balaban J connectivity index is 2.79. The number of amides is 1. The summed E-state index contributed by atoms with van der Waals surface area (Å²) in [5.74, 6) is -0.0909. The average molecular weight is 373 g/mol. The van der Waals surface area contributed by atoms with Crippen LogP contribution in [0.1, 0.15) is 37.0 Å². The first kappa shape index (κ1) is 20.7. The Morgan fingerprint density at radius 3 is 2.50 bits per heavy atom. The zero-order chi connectivity index (χ0) is 18.3. The highest BCUT2D eigenvalue weighted by Crippen LogP contribution is 2.23. The predicted octanol–water partition coefficient (Wildman–Crippen LogP) is 3.50. The SMILES string of the molecule is CC/C(C[C@@H](C)N(C)C(=O)c1ccc(Cl)c(Cl)c1)=N\N(C)CCN. The summed E-state index contributed by atoms with van der Waals surface area (Å²) in [6, 6.07) is 4.93. The van der Waals surface area contributed by atoms with Gasteiger partial charge in [-0.05, 0) is 31.5 Å². The van der Waals surface area contributed by atoms with Gasteiger partial charge in [-0.2, -0.15) is 5.10 Å². The summed E-state index contributed by atoms with van der Waals surface area (Å²) >= 11 is 11.9. The Labute approximate surface area is 154 Å². The molecule has 1 atom stereocenters. The maximum absolute atomic E-state index is 12.6. The largest absolute Gasteiger partial charge is 0.339 e. The first-order valence-corrected chi connectivity index (χ1v) is 8.75. The molecule has 0 aromatic heterocycles. The summed E-state index contributed by atoms with van der Waals surface area (Å²) < 4.78 is 0. The van der Waals surface area contributed by atoms with Crippen LogP contribution in [0, 0.1) is 0 Å². The van der Waals surface area contributed by atoms with Crippen LogP contribution in [0.3, 0.4) is 0 Å². The van der Waals surface area contributed by atoms with Gasteiger partial charge in [0.15, 0.2) is 0 Å². The Morgan fingerprint density at radius 2 is 1.96 bits per heavy atom. The van der Waals surface area contributed by atoms with Crippen molar-refractivity contribution in [2.45, 2.75) is 32.7 Å². The third-order valence-electron chi connectivity index (χ3n) is 3.85. The fourth-order valence-corrected chi connectivity index (χ4v) is 2.54. The van der Waals surface area contributed by atoms with Crippen LogP contribution in [0.2, 0.25) is 10.0 Å². The van der Waals surface area contributed by atoms with Gasteiger partial charge in [0.1, 0.15) is 0 Å². The van der Waals surface area contributed by atoms with E-state index in [4.69, 9.17) is 28.9 Å². The van der Waals surface area contributed by atoms with Crippen molar-refractivity contribution in [3.05, 3.63) is 33.8 Å². The van der Waals surface area contributed by atoms with Crippen LogP contribution >= 0.6 is 23.2 Å². The minimum Gasteiger partial charge on any atom is -0.339 e. The van der Waals surface area contributed by atoms with Crippen LogP contribution in [0.15, 0.2) is 23.3 Å². The second kappa shape index (κ2) is 9.87. The van der Waals surface area contributed by atoms with E-state index < -0.39 is 0 Å². The minimum absolute atomic E-state index is 0.0110. The number of likely N-dealkylation sites (N-methyl/N-ethyl adjacent to an activating group) is 1. The molecule has 0 aliphatic rings. The minimum atomic E-state index is -0.0909. The lowest BCUT2D eigenvalue weighted by atomic mass is 10.1. The highest BCUT2D eigenvalue weighted by Gasteiger charge is 2.19. The van der Waals surface area contributed by atoms with Crippen LogP contribution in [0.25, 0.3) is 0 Å². The van der Waals surface area contributed by atoms with E-state index in [0.717, 1.165) is 12.1 Å². The van der Waals surface area contributed by atoms with Crippen molar-refractivity contribution in [2.24, 2.45) is 10.8 Å². The second-order valence-corrected chi connectivity index (χ2v) is 6.60. The molecule has 1 aromatic carbocycles. The van der Waals surface area contributed by atoms with Gasteiger partial charge >= 0.3 is 0 Å². The van der Waals surface area contributed by atoms with Crippen molar-refractivity contribution in [3.63, 3.8) is 0 Å². The molecule has 24 heavy (non-hydrogen) atoms. The van der Waals surface area contributed by atoms with Crippen LogP contribution in [0.4, 0.5) is 0 Å². The first-order valence-electron chi connectivity index (χ1n) is 7.99. The zero-order valence-corrected chi connectivity index (χ0v) is 16.2. The van der Waals surface area contributed by atoms with Crippen LogP contribution < -0.4 is 5.73 Å². The molecule has 134 valence electrons. The van der Waals surface area contributed by atoms with E-state index in [1.165, 1.54) is 0 Å². The van der Waals surface area contributed by atoms with Crippen molar-refractivity contribution >= 4 is 34.8 Å². The predicted molar refractivity (Wildman–Crippen MR) is 102 cm³/mol. The number of rotatable bonds is 8. The zero-order valence-electron chi connectivity index (χ0n) is 14.7. The number of nitrogens with zero attached hydrogens (tertiary/aromatic N) is 3. The number of hydrogen-bond acceptors (Lipinski definition) is 4. The van der Waals surface area contributed by atoms with Gasteiger partial charge in [0.25, 0.3) is 5.91 Å². The van der Waals surface area contributed by atoms with Crippen molar-refractivity contribution in [1.29, 1.82) is 0 Å². The molecule has 0 aliphatic heterocycles. The van der Waals surface area contributed by atoms with Gasteiger partial charge in [0.05, 0.1) is 10.0 Å². The molecule has 0 saturated heterocycles. The third-order valence-corrected chi connectivity index (χ3v) is 4.59. The van der Waals surface area contributed by atoms with E-state index >= 15 is 0 Å². The molecule has 0 bridgehead atoms. The molecule has 1 aromatic rings. The Bertz CT molecular complexity index is 592. The van der Waals surface area contributed by atoms with Crippen LogP contribution in [-0.4, -0.2) is 54.8 Å². The Morgan fingerprint density at radius 1 is 1.29 bits per heavy atom. The molecule has 5 nitrogen and oxygen atoms in total. The number of hydrazone groups is 1. The smallest absolute Gasteiger partial charge is 0.253 e. The molecule has 7 heteroatoms.